The van der Waals surface area contributed by atoms with Crippen molar-refractivity contribution >= 4 is 0 Å². The van der Waals surface area contributed by atoms with Crippen LogP contribution < -0.4 is 14.2 Å². The molecule has 3 rings (SSSR count). The van der Waals surface area contributed by atoms with Crippen LogP contribution in [0.5, 0.6) is 17.2 Å². The van der Waals surface area contributed by atoms with Gasteiger partial charge in [0.25, 0.3) is 0 Å². The number of rotatable bonds is 8. The lowest BCUT2D eigenvalue weighted by Gasteiger charge is -2.21. The molecule has 4 nitrogen and oxygen atoms in total. The Morgan fingerprint density at radius 2 is 1.69 bits per heavy atom. The van der Waals surface area contributed by atoms with Crippen LogP contribution in [0.3, 0.4) is 0 Å². The van der Waals surface area contributed by atoms with E-state index < -0.39 is 0 Å². The van der Waals surface area contributed by atoms with Crippen molar-refractivity contribution in [2.45, 2.75) is 26.2 Å². The van der Waals surface area contributed by atoms with Gasteiger partial charge in [0, 0.05) is 17.5 Å². The summed E-state index contributed by atoms with van der Waals surface area (Å²) in [5.41, 5.74) is 6.12. The summed E-state index contributed by atoms with van der Waals surface area (Å²) in [6.45, 7) is 2.61. The summed E-state index contributed by atoms with van der Waals surface area (Å²) in [6.07, 6.45) is 6.20. The molecule has 2 aromatic rings. The second-order valence-corrected chi connectivity index (χ2v) is 6.21. The van der Waals surface area contributed by atoms with Gasteiger partial charge < -0.3 is 18.9 Å². The van der Waals surface area contributed by atoms with Gasteiger partial charge in [-0.25, -0.2) is 0 Å². The Morgan fingerprint density at radius 1 is 0.962 bits per heavy atom. The molecule has 0 saturated heterocycles. The molecule has 1 aliphatic carbocycles. The third-order valence-electron chi connectivity index (χ3n) is 4.75. The van der Waals surface area contributed by atoms with Gasteiger partial charge in [0.1, 0.15) is 0 Å². The summed E-state index contributed by atoms with van der Waals surface area (Å²) in [5.74, 6) is 2.20. The van der Waals surface area contributed by atoms with Crippen LogP contribution in [0.15, 0.2) is 36.6 Å². The molecule has 26 heavy (non-hydrogen) atoms. The van der Waals surface area contributed by atoms with Gasteiger partial charge in [-0.15, -0.1) is 0 Å². The fourth-order valence-electron chi connectivity index (χ4n) is 3.74. The van der Waals surface area contributed by atoms with Gasteiger partial charge in [-0.1, -0.05) is 30.3 Å². The zero-order chi connectivity index (χ0) is 18.5. The zero-order valence-corrected chi connectivity index (χ0v) is 15.9. The summed E-state index contributed by atoms with van der Waals surface area (Å²) >= 11 is 0. The van der Waals surface area contributed by atoms with Crippen LogP contribution >= 0.6 is 0 Å². The van der Waals surface area contributed by atoms with Gasteiger partial charge in [-0.05, 0) is 36.5 Å². The predicted molar refractivity (Wildman–Crippen MR) is 103 cm³/mol. The zero-order valence-electron chi connectivity index (χ0n) is 15.9. The average Bonchev–Trinajstić information content (AvgIpc) is 3.06. The van der Waals surface area contributed by atoms with Crippen LogP contribution in [0.1, 0.15) is 30.0 Å². The van der Waals surface area contributed by atoms with E-state index in [-0.39, 0.29) is 0 Å². The molecule has 0 fully saturated rings. The van der Waals surface area contributed by atoms with E-state index >= 15 is 0 Å². The van der Waals surface area contributed by atoms with Crippen molar-refractivity contribution in [1.82, 2.24) is 0 Å². The van der Waals surface area contributed by atoms with Crippen LogP contribution in [0.25, 0.3) is 11.1 Å². The highest BCUT2D eigenvalue weighted by molar-refractivity contribution is 5.86. The van der Waals surface area contributed by atoms with E-state index in [2.05, 4.69) is 24.3 Å². The number of fused-ring (bicyclic) bond motifs is 3. The van der Waals surface area contributed by atoms with Gasteiger partial charge in [0.15, 0.2) is 11.5 Å². The lowest BCUT2D eigenvalue weighted by Crippen LogP contribution is -2.04. The number of hydrogen-bond acceptors (Lipinski definition) is 4. The Labute approximate surface area is 155 Å². The standard InChI is InChI=1S/C22H26O4/c1-5-12-26-13-8-11-17-19-16-10-7-6-9-15(16)14-18(19)21(24-3)22(25-4)20(17)23-2/h5-7,9-10,12H,8,11,13-14H2,1-4H3. The molecule has 0 heterocycles. The molecule has 2 aromatic carbocycles. The molecule has 0 amide bonds. The molecule has 0 unspecified atom stereocenters. The quantitative estimate of drug-likeness (QED) is 0.431. The van der Waals surface area contributed by atoms with Crippen molar-refractivity contribution < 1.29 is 18.9 Å². The van der Waals surface area contributed by atoms with Crippen LogP contribution in [0, 0.1) is 0 Å². The Hall–Kier alpha value is -2.62. The lowest BCUT2D eigenvalue weighted by molar-refractivity contribution is 0.244. The van der Waals surface area contributed by atoms with E-state index in [1.807, 2.05) is 13.0 Å². The van der Waals surface area contributed by atoms with Crippen LogP contribution in [0.4, 0.5) is 0 Å². The number of benzene rings is 2. The minimum absolute atomic E-state index is 0.665. The second kappa shape index (κ2) is 8.17. The number of allylic oxidation sites excluding steroid dienone is 1. The van der Waals surface area contributed by atoms with E-state index in [1.165, 1.54) is 22.3 Å². The molecule has 0 saturated carbocycles. The highest BCUT2D eigenvalue weighted by Crippen LogP contribution is 2.53. The van der Waals surface area contributed by atoms with Gasteiger partial charge in [-0.2, -0.15) is 0 Å². The fourth-order valence-corrected chi connectivity index (χ4v) is 3.74. The predicted octanol–water partition coefficient (Wildman–Crippen LogP) is 4.77. The van der Waals surface area contributed by atoms with E-state index in [0.29, 0.717) is 12.4 Å². The largest absolute Gasteiger partial charge is 0.502 e. The van der Waals surface area contributed by atoms with Crippen molar-refractivity contribution in [3.05, 3.63) is 53.3 Å². The molecular weight excluding hydrogens is 328 g/mol. The monoisotopic (exact) mass is 354 g/mol. The molecule has 0 aliphatic heterocycles. The Bertz CT molecular complexity index is 808. The summed E-state index contributed by atoms with van der Waals surface area (Å²) in [7, 11) is 5.03. The molecular formula is C22H26O4. The first-order chi connectivity index (χ1) is 12.8. The van der Waals surface area contributed by atoms with E-state index in [0.717, 1.165) is 36.3 Å². The molecule has 1 aliphatic rings. The fraction of sp³-hybridized carbons (Fsp3) is 0.364. The number of hydrogen-bond donors (Lipinski definition) is 0. The third-order valence-corrected chi connectivity index (χ3v) is 4.75. The van der Waals surface area contributed by atoms with E-state index in [9.17, 15) is 0 Å². The molecule has 0 atom stereocenters. The molecule has 138 valence electrons. The minimum atomic E-state index is 0.665. The van der Waals surface area contributed by atoms with Crippen molar-refractivity contribution in [2.75, 3.05) is 27.9 Å². The van der Waals surface area contributed by atoms with Gasteiger partial charge in [0.05, 0.1) is 34.2 Å². The average molecular weight is 354 g/mol. The first-order valence-corrected chi connectivity index (χ1v) is 8.91. The topological polar surface area (TPSA) is 36.9 Å². The lowest BCUT2D eigenvalue weighted by atomic mass is 9.94. The smallest absolute Gasteiger partial charge is 0.203 e. The summed E-state index contributed by atoms with van der Waals surface area (Å²) in [4.78, 5) is 0. The van der Waals surface area contributed by atoms with Crippen LogP contribution in [-0.4, -0.2) is 27.9 Å². The summed E-state index contributed by atoms with van der Waals surface area (Å²) < 4.78 is 22.7. The van der Waals surface area contributed by atoms with E-state index in [1.54, 1.807) is 27.6 Å². The summed E-state index contributed by atoms with van der Waals surface area (Å²) in [5, 5.41) is 0. The Balaban J connectivity index is 2.11. The Kier molecular flexibility index (Phi) is 5.71. The first kappa shape index (κ1) is 18.2. The van der Waals surface area contributed by atoms with E-state index in [4.69, 9.17) is 18.9 Å². The van der Waals surface area contributed by atoms with Gasteiger partial charge in [-0.3, -0.25) is 0 Å². The molecule has 0 aromatic heterocycles. The Morgan fingerprint density at radius 3 is 2.38 bits per heavy atom. The summed E-state index contributed by atoms with van der Waals surface area (Å²) in [6, 6.07) is 8.51. The van der Waals surface area contributed by atoms with Crippen molar-refractivity contribution in [2.24, 2.45) is 0 Å². The first-order valence-electron chi connectivity index (χ1n) is 8.91. The van der Waals surface area contributed by atoms with Crippen molar-refractivity contribution in [3.63, 3.8) is 0 Å². The number of ether oxygens (including phenoxy) is 4. The van der Waals surface area contributed by atoms with Crippen LogP contribution in [-0.2, 0) is 17.6 Å². The maximum atomic E-state index is 5.77. The molecule has 0 N–H and O–H groups in total. The third kappa shape index (κ3) is 3.12. The maximum Gasteiger partial charge on any atom is 0.203 e. The molecule has 4 heteroatoms. The molecule has 0 bridgehead atoms. The highest BCUT2D eigenvalue weighted by Gasteiger charge is 2.31. The van der Waals surface area contributed by atoms with Crippen LogP contribution in [0.2, 0.25) is 0 Å². The normalized spacial score (nSPS) is 12.0. The molecule has 0 spiro atoms. The second-order valence-electron chi connectivity index (χ2n) is 6.21. The van der Waals surface area contributed by atoms with Crippen molar-refractivity contribution in [3.8, 4) is 28.4 Å². The minimum Gasteiger partial charge on any atom is -0.502 e. The SMILES string of the molecule is CC=COCCCc1c(OC)c(OC)c(OC)c2c1-c1ccccc1C2. The van der Waals surface area contributed by atoms with Crippen molar-refractivity contribution in [1.29, 1.82) is 0 Å². The maximum absolute atomic E-state index is 5.77. The van der Waals surface area contributed by atoms with Gasteiger partial charge >= 0.3 is 0 Å². The van der Waals surface area contributed by atoms with Gasteiger partial charge in [0.2, 0.25) is 5.75 Å². The number of methoxy groups -OCH3 is 3. The molecule has 0 radical (unpaired) electrons. The highest BCUT2D eigenvalue weighted by atomic mass is 16.5.